The molecule has 0 spiro atoms. The average molecular weight is 609 g/mol. The van der Waals surface area contributed by atoms with E-state index in [0.717, 1.165) is 54.5 Å². The van der Waals surface area contributed by atoms with Crippen molar-refractivity contribution in [2.45, 2.75) is 119 Å². The number of rotatable bonds is 8. The molecule has 2 aliphatic rings. The summed E-state index contributed by atoms with van der Waals surface area (Å²) in [6, 6.07) is 9.43. The lowest BCUT2D eigenvalue weighted by molar-refractivity contribution is 0.127. The third-order valence-electron chi connectivity index (χ3n) is 7.30. The maximum Gasteiger partial charge on any atom is 0.0406 e. The second-order valence-electron chi connectivity index (χ2n) is 11.4. The zero-order valence-corrected chi connectivity index (χ0v) is 29.7. The van der Waals surface area contributed by atoms with Crippen LogP contribution in [0.3, 0.4) is 0 Å². The molecule has 0 amide bonds. The highest BCUT2D eigenvalue weighted by Crippen LogP contribution is 2.46. The van der Waals surface area contributed by atoms with Crippen molar-refractivity contribution in [3.63, 3.8) is 0 Å². The standard InChI is InChI=1S/C26H40ClNS.C6H7Cl.2C2H6/c1-18(2)15-26(8)14-13-24(22-9-11-23(27)12-10-22)28(16-21(26)7)25(19(3)4)17-29-20(5)6;7-6-4-2-1-3-5-6;2*1-2/h9-12,19-20,24-25H,1,7,13-17H2,2-6,8H3;1-2,4H,3,5H2;2*1-2H3. The first-order valence-electron chi connectivity index (χ1n) is 15.4. The molecule has 1 nitrogen and oxygen atoms in total. The Labute approximate surface area is 263 Å². The van der Waals surface area contributed by atoms with Crippen molar-refractivity contribution < 1.29 is 0 Å². The molecule has 4 heteroatoms. The molecule has 0 saturated carbocycles. The fraction of sp³-hybridized carbons (Fsp3) is 0.611. The molecule has 3 unspecified atom stereocenters. The Bertz CT molecular complexity index is 915. The number of likely N-dealkylation sites (tertiary alicyclic amines) is 1. The summed E-state index contributed by atoms with van der Waals surface area (Å²) in [6.45, 7) is 31.6. The van der Waals surface area contributed by atoms with E-state index < -0.39 is 0 Å². The molecule has 3 atom stereocenters. The van der Waals surface area contributed by atoms with Gasteiger partial charge in [0.15, 0.2) is 0 Å². The SMILES string of the molecule is C=C(C)CC1(C)CCC(c2ccc(Cl)cc2)N(C(CSC(C)C)C(C)C)CC1=C.CC.CC.ClC1=CC=CCC1. The highest BCUT2D eigenvalue weighted by Gasteiger charge is 2.39. The molecule has 1 heterocycles. The first kappa shape index (κ1) is 39.1. The Morgan fingerprint density at radius 2 is 1.68 bits per heavy atom. The van der Waals surface area contributed by atoms with Crippen molar-refractivity contribution in [1.82, 2.24) is 4.90 Å². The van der Waals surface area contributed by atoms with Crippen LogP contribution in [0.4, 0.5) is 0 Å². The van der Waals surface area contributed by atoms with Crippen molar-refractivity contribution in [3.05, 3.63) is 82.4 Å². The zero-order chi connectivity index (χ0) is 30.9. The number of allylic oxidation sites excluding steroid dienone is 5. The molecule has 1 aliphatic carbocycles. The smallest absolute Gasteiger partial charge is 0.0406 e. The quantitative estimate of drug-likeness (QED) is 0.270. The molecule has 0 bridgehead atoms. The Morgan fingerprint density at radius 1 is 1.07 bits per heavy atom. The Morgan fingerprint density at radius 3 is 2.10 bits per heavy atom. The molecule has 0 radical (unpaired) electrons. The fourth-order valence-electron chi connectivity index (χ4n) is 5.13. The molecule has 1 aromatic carbocycles. The summed E-state index contributed by atoms with van der Waals surface area (Å²) in [6.07, 6.45) is 11.5. The number of benzene rings is 1. The summed E-state index contributed by atoms with van der Waals surface area (Å²) in [4.78, 5) is 2.75. The first-order valence-corrected chi connectivity index (χ1v) is 17.2. The van der Waals surface area contributed by atoms with Crippen molar-refractivity contribution >= 4 is 35.0 Å². The summed E-state index contributed by atoms with van der Waals surface area (Å²) in [7, 11) is 0. The number of hydrogen-bond donors (Lipinski definition) is 0. The van der Waals surface area contributed by atoms with E-state index in [1.54, 1.807) is 0 Å². The van der Waals surface area contributed by atoms with Gasteiger partial charge in [-0.2, -0.15) is 11.8 Å². The minimum atomic E-state index is 0.123. The van der Waals surface area contributed by atoms with E-state index in [1.165, 1.54) is 16.7 Å². The van der Waals surface area contributed by atoms with Gasteiger partial charge in [0.1, 0.15) is 0 Å². The molecule has 1 aromatic rings. The molecule has 1 fully saturated rings. The van der Waals surface area contributed by atoms with Crippen LogP contribution in [0.5, 0.6) is 0 Å². The number of thioether (sulfide) groups is 1. The van der Waals surface area contributed by atoms with E-state index in [1.807, 2.05) is 52.0 Å². The summed E-state index contributed by atoms with van der Waals surface area (Å²) in [5, 5.41) is 2.43. The Kier molecular flexibility index (Phi) is 20.4. The van der Waals surface area contributed by atoms with E-state index in [2.05, 4.69) is 89.6 Å². The van der Waals surface area contributed by atoms with E-state index in [4.69, 9.17) is 23.2 Å². The Balaban J connectivity index is 0.00000117. The van der Waals surface area contributed by atoms with Gasteiger partial charge in [0.25, 0.3) is 0 Å². The molecule has 1 aliphatic heterocycles. The summed E-state index contributed by atoms with van der Waals surface area (Å²) >= 11 is 13.9. The van der Waals surface area contributed by atoms with Gasteiger partial charge in [-0.25, -0.2) is 0 Å². The van der Waals surface area contributed by atoms with Gasteiger partial charge in [-0.1, -0.05) is 128 Å². The number of hydrogen-bond acceptors (Lipinski definition) is 2. The lowest BCUT2D eigenvalue weighted by Gasteiger charge is -2.40. The van der Waals surface area contributed by atoms with Crippen LogP contribution in [-0.4, -0.2) is 28.5 Å². The van der Waals surface area contributed by atoms with E-state index in [0.29, 0.717) is 23.3 Å². The van der Waals surface area contributed by atoms with Crippen LogP contribution < -0.4 is 0 Å². The number of nitrogens with zero attached hydrogens (tertiary/aromatic N) is 1. The average Bonchev–Trinajstić information content (AvgIpc) is 3.03. The highest BCUT2D eigenvalue weighted by atomic mass is 35.5. The van der Waals surface area contributed by atoms with Gasteiger partial charge in [0.2, 0.25) is 0 Å². The van der Waals surface area contributed by atoms with Gasteiger partial charge in [-0.15, -0.1) is 6.58 Å². The normalized spacial score (nSPS) is 21.6. The monoisotopic (exact) mass is 607 g/mol. The molecular weight excluding hydrogens is 549 g/mol. The lowest BCUT2D eigenvalue weighted by atomic mass is 9.74. The molecule has 40 heavy (non-hydrogen) atoms. The van der Waals surface area contributed by atoms with Crippen molar-refractivity contribution in [1.29, 1.82) is 0 Å². The lowest BCUT2D eigenvalue weighted by Crippen LogP contribution is -2.44. The van der Waals surface area contributed by atoms with Gasteiger partial charge >= 0.3 is 0 Å². The van der Waals surface area contributed by atoms with E-state index >= 15 is 0 Å². The van der Waals surface area contributed by atoms with Crippen molar-refractivity contribution in [2.75, 3.05) is 12.3 Å². The van der Waals surface area contributed by atoms with E-state index in [-0.39, 0.29) is 5.41 Å². The molecule has 0 aromatic heterocycles. The summed E-state index contributed by atoms with van der Waals surface area (Å²) in [5.74, 6) is 1.75. The molecule has 3 rings (SSSR count). The minimum absolute atomic E-state index is 0.123. The van der Waals surface area contributed by atoms with E-state index in [9.17, 15) is 0 Å². The summed E-state index contributed by atoms with van der Waals surface area (Å²) < 4.78 is 0. The van der Waals surface area contributed by atoms with Gasteiger partial charge in [0, 0.05) is 34.4 Å². The fourth-order valence-corrected chi connectivity index (χ4v) is 6.59. The second-order valence-corrected chi connectivity index (χ2v) is 13.9. The van der Waals surface area contributed by atoms with Crippen LogP contribution in [0.2, 0.25) is 5.02 Å². The zero-order valence-electron chi connectivity index (χ0n) is 27.3. The molecular formula is C36H59Cl2NS. The largest absolute Gasteiger partial charge is 0.288 e. The third kappa shape index (κ3) is 13.8. The summed E-state index contributed by atoms with van der Waals surface area (Å²) in [5.41, 5.74) is 4.11. The minimum Gasteiger partial charge on any atom is -0.288 e. The van der Waals surface area contributed by atoms with Crippen LogP contribution in [0.25, 0.3) is 0 Å². The van der Waals surface area contributed by atoms with Gasteiger partial charge in [0.05, 0.1) is 0 Å². The highest BCUT2D eigenvalue weighted by molar-refractivity contribution is 7.99. The van der Waals surface area contributed by atoms with Crippen LogP contribution in [0.15, 0.2) is 71.8 Å². The second kappa shape index (κ2) is 20.9. The third-order valence-corrected chi connectivity index (χ3v) is 9.07. The van der Waals surface area contributed by atoms with Crippen LogP contribution in [-0.2, 0) is 0 Å². The molecule has 1 saturated heterocycles. The first-order chi connectivity index (χ1) is 18.9. The van der Waals surface area contributed by atoms with Crippen LogP contribution >= 0.6 is 35.0 Å². The molecule has 228 valence electrons. The van der Waals surface area contributed by atoms with Gasteiger partial charge in [-0.05, 0) is 79.4 Å². The topological polar surface area (TPSA) is 3.24 Å². The van der Waals surface area contributed by atoms with Gasteiger partial charge in [-0.3, -0.25) is 4.90 Å². The van der Waals surface area contributed by atoms with Crippen LogP contribution in [0, 0.1) is 11.3 Å². The maximum atomic E-state index is 6.20. The van der Waals surface area contributed by atoms with Crippen LogP contribution in [0.1, 0.15) is 113 Å². The predicted octanol–water partition coefficient (Wildman–Crippen LogP) is 12.7. The maximum absolute atomic E-state index is 6.20. The Hall–Kier alpha value is -0.930. The number of halogens is 2. The van der Waals surface area contributed by atoms with Gasteiger partial charge < -0.3 is 0 Å². The predicted molar refractivity (Wildman–Crippen MR) is 188 cm³/mol. The molecule has 0 N–H and O–H groups in total. The van der Waals surface area contributed by atoms with Crippen molar-refractivity contribution in [2.24, 2.45) is 11.3 Å². The van der Waals surface area contributed by atoms with Crippen molar-refractivity contribution in [3.8, 4) is 0 Å².